The van der Waals surface area contributed by atoms with Gasteiger partial charge in [-0.05, 0) is 51.4 Å². The molecule has 0 aromatic heterocycles. The lowest BCUT2D eigenvalue weighted by Crippen LogP contribution is -2.30. The Morgan fingerprint density at radius 2 is 0.485 bits per heavy atom. The minimum Gasteiger partial charge on any atom is -0.462 e. The minimum atomic E-state index is -4.97. The summed E-state index contributed by atoms with van der Waals surface area (Å²) < 4.78 is 68.6. The van der Waals surface area contributed by atoms with Gasteiger partial charge in [0.15, 0.2) is 12.2 Å². The molecular weight excluding hydrogens is 1290 g/mol. The largest absolute Gasteiger partial charge is 0.472 e. The number of hydrogen-bond donors (Lipinski definition) is 3. The molecule has 0 aromatic rings. The van der Waals surface area contributed by atoms with Gasteiger partial charge in [-0.2, -0.15) is 0 Å². The van der Waals surface area contributed by atoms with Crippen LogP contribution in [0.2, 0.25) is 0 Å². The van der Waals surface area contributed by atoms with Crippen molar-refractivity contribution in [2.75, 3.05) is 39.6 Å². The van der Waals surface area contributed by atoms with E-state index in [4.69, 9.17) is 37.0 Å². The average molecular weight is 1450 g/mol. The maximum Gasteiger partial charge on any atom is 0.472 e. The molecule has 0 rings (SSSR count). The third kappa shape index (κ3) is 73.6. The maximum atomic E-state index is 13.1. The van der Waals surface area contributed by atoms with Crippen LogP contribution in [0.3, 0.4) is 0 Å². The molecule has 0 spiro atoms. The summed E-state index contributed by atoms with van der Waals surface area (Å²) in [6.07, 6.45) is 68.6. The van der Waals surface area contributed by atoms with Gasteiger partial charge in [0.05, 0.1) is 26.4 Å². The Hall–Kier alpha value is -2.46. The van der Waals surface area contributed by atoms with Gasteiger partial charge in [-0.25, -0.2) is 9.13 Å². The third-order valence-electron chi connectivity index (χ3n) is 18.2. The van der Waals surface area contributed by atoms with Gasteiger partial charge in [0.25, 0.3) is 0 Å². The Morgan fingerprint density at radius 3 is 0.737 bits per heavy atom. The van der Waals surface area contributed by atoms with E-state index in [1.807, 2.05) is 0 Å². The number of phosphoric ester groups is 2. The molecule has 99 heavy (non-hydrogen) atoms. The second-order valence-electron chi connectivity index (χ2n) is 28.1. The Labute approximate surface area is 605 Å². The highest BCUT2D eigenvalue weighted by Crippen LogP contribution is 2.45. The lowest BCUT2D eigenvalue weighted by Gasteiger charge is -2.21. The van der Waals surface area contributed by atoms with Gasteiger partial charge in [0.1, 0.15) is 19.3 Å². The summed E-state index contributed by atoms with van der Waals surface area (Å²) in [5.41, 5.74) is 0. The van der Waals surface area contributed by atoms with Crippen molar-refractivity contribution in [1.29, 1.82) is 0 Å². The summed E-state index contributed by atoms with van der Waals surface area (Å²) >= 11 is 0. The molecule has 0 radical (unpaired) electrons. The van der Waals surface area contributed by atoms with Crippen molar-refractivity contribution in [3.8, 4) is 0 Å². The molecule has 0 aliphatic rings. The third-order valence-corrected chi connectivity index (χ3v) is 20.1. The molecular formula is C80H152O17P2. The van der Waals surface area contributed by atoms with E-state index in [1.54, 1.807) is 0 Å². The summed E-state index contributed by atoms with van der Waals surface area (Å²) in [4.78, 5) is 73.0. The fourth-order valence-electron chi connectivity index (χ4n) is 11.9. The van der Waals surface area contributed by atoms with E-state index in [2.05, 4.69) is 52.0 Å². The molecule has 0 bridgehead atoms. The van der Waals surface area contributed by atoms with Crippen LogP contribution < -0.4 is 0 Å². The highest BCUT2D eigenvalue weighted by Gasteiger charge is 2.30. The highest BCUT2D eigenvalue weighted by atomic mass is 31.2. The van der Waals surface area contributed by atoms with Crippen molar-refractivity contribution in [2.45, 2.75) is 425 Å². The van der Waals surface area contributed by atoms with E-state index < -0.39 is 97.5 Å². The van der Waals surface area contributed by atoms with Crippen molar-refractivity contribution in [3.05, 3.63) is 24.3 Å². The lowest BCUT2D eigenvalue weighted by atomic mass is 10.0. The van der Waals surface area contributed by atoms with E-state index in [1.165, 1.54) is 218 Å². The van der Waals surface area contributed by atoms with E-state index in [0.29, 0.717) is 25.7 Å². The maximum absolute atomic E-state index is 13.1. The van der Waals surface area contributed by atoms with Crippen LogP contribution in [0.15, 0.2) is 24.3 Å². The normalized spacial score (nSPS) is 14.0. The molecule has 584 valence electrons. The van der Waals surface area contributed by atoms with Crippen LogP contribution >= 0.6 is 15.6 Å². The predicted molar refractivity (Wildman–Crippen MR) is 405 cm³/mol. The zero-order valence-corrected chi connectivity index (χ0v) is 65.7. The Kier molecular flexibility index (Phi) is 72.0. The van der Waals surface area contributed by atoms with Crippen molar-refractivity contribution in [2.24, 2.45) is 0 Å². The van der Waals surface area contributed by atoms with E-state index >= 15 is 0 Å². The van der Waals surface area contributed by atoms with Crippen LogP contribution in [0.5, 0.6) is 0 Å². The summed E-state index contributed by atoms with van der Waals surface area (Å²) in [7, 11) is -9.93. The molecule has 0 fully saturated rings. The molecule has 0 saturated carbocycles. The number of carbonyl (C=O) groups excluding carboxylic acids is 4. The molecule has 0 aliphatic heterocycles. The second-order valence-corrected chi connectivity index (χ2v) is 31.0. The molecule has 17 nitrogen and oxygen atoms in total. The number of rotatable bonds is 79. The Bertz CT molecular complexity index is 1970. The van der Waals surface area contributed by atoms with Crippen LogP contribution in [-0.2, 0) is 65.4 Å². The molecule has 5 atom stereocenters. The number of aliphatic hydroxyl groups is 1. The van der Waals surface area contributed by atoms with Crippen molar-refractivity contribution in [1.82, 2.24) is 0 Å². The van der Waals surface area contributed by atoms with Gasteiger partial charge in [-0.3, -0.25) is 37.3 Å². The van der Waals surface area contributed by atoms with Gasteiger partial charge in [-0.1, -0.05) is 354 Å². The molecule has 0 aliphatic carbocycles. The SMILES string of the molecule is CCCCCC/C=C\C=C/CCCCCCCC(=O)OC[C@H](COP(=O)(O)OC[C@@H](O)COP(=O)(O)OC[C@@H](COC(=O)CCCCCCCCCCCCCC)OC(=O)CCCCCCCCCCCCCCC)OC(=O)CCCCCCCCCCCCCCCCCCCCC. The number of esters is 4. The van der Waals surface area contributed by atoms with Crippen LogP contribution in [0.4, 0.5) is 0 Å². The standard InChI is InChI=1S/C80H152O17P2/c1-5-9-13-17-21-25-29-33-35-36-37-38-40-43-47-51-55-59-63-67-80(85)97-76(71-91-78(83)65-61-57-53-49-45-42-39-34-30-26-22-18-14-10-6-2)73-95-99(88,89)93-69-74(81)68-92-98(86,87)94-72-75(70-90-77(82)64-60-56-52-48-44-32-28-24-20-16-12-8-4)96-79(84)66-62-58-54-50-46-41-31-27-23-19-15-11-7-3/h26,30,34,39,74-76,81H,5-25,27-29,31-33,35-38,40-73H2,1-4H3,(H,86,87)(H,88,89)/b30-26-,39-34-/t74-,75+,76+/m0/s1. The first-order chi connectivity index (χ1) is 48.2. The molecule has 0 amide bonds. The van der Waals surface area contributed by atoms with E-state index in [0.717, 1.165) is 109 Å². The fraction of sp³-hybridized carbons (Fsp3) is 0.900. The number of aliphatic hydroxyl groups excluding tert-OH is 1. The first kappa shape index (κ1) is 96.5. The van der Waals surface area contributed by atoms with Crippen LogP contribution in [-0.4, -0.2) is 96.7 Å². The quantitative estimate of drug-likeness (QED) is 0.0169. The van der Waals surface area contributed by atoms with Crippen molar-refractivity contribution in [3.63, 3.8) is 0 Å². The number of phosphoric acid groups is 2. The summed E-state index contributed by atoms with van der Waals surface area (Å²) in [6, 6.07) is 0. The smallest absolute Gasteiger partial charge is 0.462 e. The first-order valence-corrected chi connectivity index (χ1v) is 44.1. The van der Waals surface area contributed by atoms with Crippen LogP contribution in [0.1, 0.15) is 407 Å². The molecule has 19 heteroatoms. The molecule has 0 heterocycles. The topological polar surface area (TPSA) is 237 Å². The van der Waals surface area contributed by atoms with E-state index in [9.17, 15) is 43.2 Å². The lowest BCUT2D eigenvalue weighted by molar-refractivity contribution is -0.161. The monoisotopic (exact) mass is 1450 g/mol. The van der Waals surface area contributed by atoms with Crippen LogP contribution in [0.25, 0.3) is 0 Å². The number of unbranched alkanes of at least 4 members (excludes halogenated alkanes) is 50. The van der Waals surface area contributed by atoms with Gasteiger partial charge in [0.2, 0.25) is 0 Å². The number of carbonyl (C=O) groups is 4. The number of ether oxygens (including phenoxy) is 4. The highest BCUT2D eigenvalue weighted by molar-refractivity contribution is 7.47. The summed E-state index contributed by atoms with van der Waals surface area (Å²) in [6.45, 7) is 4.95. The molecule has 0 aromatic carbocycles. The number of allylic oxidation sites excluding steroid dienone is 4. The summed E-state index contributed by atoms with van der Waals surface area (Å²) in [5, 5.41) is 10.6. The second kappa shape index (κ2) is 73.8. The first-order valence-electron chi connectivity index (χ1n) is 41.1. The summed E-state index contributed by atoms with van der Waals surface area (Å²) in [5.74, 6) is -2.14. The Morgan fingerprint density at radius 1 is 0.283 bits per heavy atom. The van der Waals surface area contributed by atoms with Gasteiger partial charge < -0.3 is 33.8 Å². The zero-order chi connectivity index (χ0) is 72.5. The molecule has 2 unspecified atom stereocenters. The predicted octanol–water partition coefficient (Wildman–Crippen LogP) is 23.7. The Balaban J connectivity index is 5.28. The van der Waals surface area contributed by atoms with Crippen molar-refractivity contribution >= 4 is 39.5 Å². The molecule has 3 N–H and O–H groups in total. The zero-order valence-electron chi connectivity index (χ0n) is 64.0. The van der Waals surface area contributed by atoms with Gasteiger partial charge in [0, 0.05) is 25.7 Å². The minimum absolute atomic E-state index is 0.102. The number of hydrogen-bond acceptors (Lipinski definition) is 15. The van der Waals surface area contributed by atoms with E-state index in [-0.39, 0.29) is 25.7 Å². The average Bonchev–Trinajstić information content (AvgIpc) is 1.02. The van der Waals surface area contributed by atoms with Crippen LogP contribution in [0, 0.1) is 0 Å². The van der Waals surface area contributed by atoms with Gasteiger partial charge in [-0.15, -0.1) is 0 Å². The fourth-order valence-corrected chi connectivity index (χ4v) is 13.5. The van der Waals surface area contributed by atoms with Crippen molar-refractivity contribution < 1.29 is 80.2 Å². The molecule has 0 saturated heterocycles. The van der Waals surface area contributed by atoms with Gasteiger partial charge >= 0.3 is 39.5 Å².